The van der Waals surface area contributed by atoms with Crippen molar-refractivity contribution in [2.45, 2.75) is 39.4 Å². The number of hydrogen-bond donors (Lipinski definition) is 2. The average molecular weight is 560 g/mol. The number of nitrogens with zero attached hydrogens (tertiary/aromatic N) is 5. The second-order valence-corrected chi connectivity index (χ2v) is 9.76. The van der Waals surface area contributed by atoms with Crippen LogP contribution in [0, 0.1) is 11.3 Å². The van der Waals surface area contributed by atoms with E-state index in [9.17, 15) is 14.4 Å². The third-order valence-corrected chi connectivity index (χ3v) is 5.69. The van der Waals surface area contributed by atoms with E-state index < -0.39 is 29.7 Å². The number of nitriles is 1. The molecule has 1 aliphatic rings. The lowest BCUT2D eigenvalue weighted by atomic mass is 10.2. The first-order valence-corrected chi connectivity index (χ1v) is 12.4. The van der Waals surface area contributed by atoms with Gasteiger partial charge in [-0.1, -0.05) is 11.6 Å². The Morgan fingerprint density at radius 2 is 2.00 bits per heavy atom. The maximum atomic E-state index is 13.5. The van der Waals surface area contributed by atoms with E-state index in [1.54, 1.807) is 27.7 Å². The number of likely N-dealkylation sites (N-methyl/N-ethyl adjacent to an activating group) is 1. The first-order chi connectivity index (χ1) is 18.4. The van der Waals surface area contributed by atoms with Gasteiger partial charge in [0.25, 0.3) is 5.91 Å². The van der Waals surface area contributed by atoms with E-state index in [4.69, 9.17) is 31.1 Å². The molecule has 3 rings (SSSR count). The van der Waals surface area contributed by atoms with Crippen molar-refractivity contribution >= 4 is 46.8 Å². The van der Waals surface area contributed by atoms with E-state index in [1.807, 2.05) is 6.07 Å². The van der Waals surface area contributed by atoms with Crippen LogP contribution in [0.5, 0.6) is 5.75 Å². The maximum absolute atomic E-state index is 13.5. The zero-order valence-corrected chi connectivity index (χ0v) is 23.0. The van der Waals surface area contributed by atoms with Crippen molar-refractivity contribution in [3.05, 3.63) is 35.2 Å². The minimum Gasteiger partial charge on any atom is -0.494 e. The fourth-order valence-corrected chi connectivity index (χ4v) is 3.91. The highest BCUT2D eigenvalue weighted by Crippen LogP contribution is 2.37. The quantitative estimate of drug-likeness (QED) is 0.538. The summed E-state index contributed by atoms with van der Waals surface area (Å²) in [5.74, 6) is -0.0296. The van der Waals surface area contributed by atoms with Crippen molar-refractivity contribution in [1.82, 2.24) is 14.9 Å². The number of hydrogen-bond acceptors (Lipinski definition) is 9. The molecule has 1 aliphatic heterocycles. The molecule has 0 spiro atoms. The fraction of sp³-hybridized carbons (Fsp3) is 0.440. The predicted molar refractivity (Wildman–Crippen MR) is 143 cm³/mol. The summed E-state index contributed by atoms with van der Waals surface area (Å²) in [6, 6.07) is 4.16. The molecule has 208 valence electrons. The summed E-state index contributed by atoms with van der Waals surface area (Å²) in [6.07, 6.45) is 1.02. The van der Waals surface area contributed by atoms with Crippen LogP contribution in [0.15, 0.2) is 24.5 Å². The van der Waals surface area contributed by atoms with Crippen LogP contribution in [-0.4, -0.2) is 78.0 Å². The molecule has 2 N–H and O–H groups in total. The number of anilines is 3. The number of benzene rings is 1. The number of halogens is 1. The molecule has 0 radical (unpaired) electrons. The predicted octanol–water partition coefficient (Wildman–Crippen LogP) is 3.64. The Bertz CT molecular complexity index is 1260. The van der Waals surface area contributed by atoms with Gasteiger partial charge in [-0.25, -0.2) is 19.6 Å². The number of aromatic nitrogens is 2. The van der Waals surface area contributed by atoms with Crippen LogP contribution in [0.3, 0.4) is 0 Å². The number of rotatable bonds is 6. The Labute approximate surface area is 231 Å². The minimum atomic E-state index is -0.926. The molecule has 13 nitrogen and oxygen atoms in total. The van der Waals surface area contributed by atoms with Gasteiger partial charge in [-0.05, 0) is 33.8 Å². The van der Waals surface area contributed by atoms with Crippen LogP contribution in [-0.2, 0) is 14.3 Å². The van der Waals surface area contributed by atoms with Crippen molar-refractivity contribution in [2.75, 3.05) is 48.9 Å². The molecule has 39 heavy (non-hydrogen) atoms. The molecule has 1 fully saturated rings. The Balaban J connectivity index is 1.75. The van der Waals surface area contributed by atoms with Crippen molar-refractivity contribution in [3.63, 3.8) is 0 Å². The van der Waals surface area contributed by atoms with E-state index in [2.05, 4.69) is 20.6 Å². The van der Waals surface area contributed by atoms with Crippen LogP contribution < -0.4 is 20.3 Å². The Hall–Kier alpha value is -4.15. The van der Waals surface area contributed by atoms with Crippen molar-refractivity contribution in [2.24, 2.45) is 0 Å². The van der Waals surface area contributed by atoms with Gasteiger partial charge < -0.3 is 29.3 Å². The molecule has 1 saturated heterocycles. The molecule has 1 aromatic carbocycles. The number of ether oxygens (including phenoxy) is 3. The maximum Gasteiger partial charge on any atom is 0.410 e. The summed E-state index contributed by atoms with van der Waals surface area (Å²) >= 11 is 6.54. The summed E-state index contributed by atoms with van der Waals surface area (Å²) in [5.41, 5.74) is 0.00859. The summed E-state index contributed by atoms with van der Waals surface area (Å²) in [4.78, 5) is 49.1. The second kappa shape index (κ2) is 12.6. The van der Waals surface area contributed by atoms with Crippen molar-refractivity contribution < 1.29 is 28.6 Å². The van der Waals surface area contributed by atoms with E-state index in [0.717, 1.165) is 0 Å². The number of morpholine rings is 1. The molecular formula is C25H30ClN7O6. The molecule has 1 atom stereocenters. The van der Waals surface area contributed by atoms with Crippen LogP contribution in [0.25, 0.3) is 0 Å². The summed E-state index contributed by atoms with van der Waals surface area (Å²) in [7, 11) is 1.41. The number of carbonyl (C=O) groups is 3. The molecular weight excluding hydrogens is 530 g/mol. The molecule has 1 aromatic heterocycles. The van der Waals surface area contributed by atoms with Gasteiger partial charge in [0.1, 0.15) is 17.4 Å². The first kappa shape index (κ1) is 29.4. The molecule has 2 aromatic rings. The third kappa shape index (κ3) is 7.68. The van der Waals surface area contributed by atoms with Gasteiger partial charge >= 0.3 is 12.1 Å². The molecule has 1 unspecified atom stereocenters. The van der Waals surface area contributed by atoms with Gasteiger partial charge in [-0.15, -0.1) is 0 Å². The van der Waals surface area contributed by atoms with Gasteiger partial charge in [0.2, 0.25) is 0 Å². The lowest BCUT2D eigenvalue weighted by Gasteiger charge is -2.35. The SMILES string of the molecule is CCN(C(=O)C1CN(C(=O)OC(C)(C)C)CCO1)c1cc(OC)c(NC(=O)Nc2cnc(C#N)cn2)cc1Cl. The first-order valence-electron chi connectivity index (χ1n) is 12.0. The second-order valence-electron chi connectivity index (χ2n) is 9.35. The largest absolute Gasteiger partial charge is 0.494 e. The van der Waals surface area contributed by atoms with Gasteiger partial charge in [0.05, 0.1) is 49.1 Å². The zero-order chi connectivity index (χ0) is 28.7. The van der Waals surface area contributed by atoms with Crippen LogP contribution in [0.4, 0.5) is 26.8 Å². The Morgan fingerprint density at radius 1 is 1.26 bits per heavy atom. The topological polar surface area (TPSA) is 159 Å². The highest BCUT2D eigenvalue weighted by Gasteiger charge is 2.35. The summed E-state index contributed by atoms with van der Waals surface area (Å²) in [6.45, 7) is 7.83. The number of nitrogens with one attached hydrogen (secondary N) is 2. The highest BCUT2D eigenvalue weighted by atomic mass is 35.5. The molecule has 2 heterocycles. The Morgan fingerprint density at radius 3 is 2.59 bits per heavy atom. The Kier molecular flexibility index (Phi) is 9.50. The standard InChI is InChI=1S/C25H30ClN7O6/c1-6-33(22(34)20-14-32(7-8-38-20)24(36)39-25(2,3)4)18-10-19(37-5)17(9-16(18)26)30-23(35)31-21-13-28-15(11-27)12-29-21/h9-10,12-13,20H,6-8,14H2,1-5H3,(H2,29,30,31,35). The van der Waals surface area contributed by atoms with Gasteiger partial charge in [0, 0.05) is 19.2 Å². The van der Waals surface area contributed by atoms with Crippen LogP contribution in [0.2, 0.25) is 5.02 Å². The van der Waals surface area contributed by atoms with Gasteiger partial charge in [0.15, 0.2) is 17.6 Å². The monoisotopic (exact) mass is 559 g/mol. The van der Waals surface area contributed by atoms with Crippen molar-refractivity contribution in [3.8, 4) is 11.8 Å². The minimum absolute atomic E-state index is 0.0249. The molecule has 4 amide bonds. The lowest BCUT2D eigenvalue weighted by molar-refractivity contribution is -0.135. The highest BCUT2D eigenvalue weighted by molar-refractivity contribution is 6.34. The van der Waals surface area contributed by atoms with Crippen LogP contribution in [0.1, 0.15) is 33.4 Å². The smallest absolute Gasteiger partial charge is 0.410 e. The van der Waals surface area contributed by atoms with Crippen LogP contribution >= 0.6 is 11.6 Å². The summed E-state index contributed by atoms with van der Waals surface area (Å²) in [5, 5.41) is 14.1. The normalized spacial score (nSPS) is 15.1. The average Bonchev–Trinajstić information content (AvgIpc) is 2.89. The third-order valence-electron chi connectivity index (χ3n) is 5.39. The lowest BCUT2D eigenvalue weighted by Crippen LogP contribution is -2.53. The molecule has 14 heteroatoms. The van der Waals surface area contributed by atoms with E-state index >= 15 is 0 Å². The van der Waals surface area contributed by atoms with Gasteiger partial charge in [-0.3, -0.25) is 10.1 Å². The molecule has 0 aliphatic carbocycles. The van der Waals surface area contributed by atoms with Gasteiger partial charge in [-0.2, -0.15) is 5.26 Å². The van der Waals surface area contributed by atoms with E-state index in [0.29, 0.717) is 12.2 Å². The number of carbonyl (C=O) groups excluding carboxylic acids is 3. The van der Waals surface area contributed by atoms with E-state index in [1.165, 1.54) is 41.4 Å². The molecule has 0 saturated carbocycles. The number of urea groups is 1. The fourth-order valence-electron chi connectivity index (χ4n) is 3.65. The number of methoxy groups -OCH3 is 1. The number of amides is 4. The summed E-state index contributed by atoms with van der Waals surface area (Å²) < 4.78 is 16.6. The molecule has 0 bridgehead atoms. The van der Waals surface area contributed by atoms with Crippen molar-refractivity contribution in [1.29, 1.82) is 5.26 Å². The van der Waals surface area contributed by atoms with E-state index in [-0.39, 0.29) is 47.7 Å². The zero-order valence-electron chi connectivity index (χ0n) is 22.3.